The Morgan fingerprint density at radius 2 is 2.14 bits per heavy atom. The second-order valence-corrected chi connectivity index (χ2v) is 7.48. The van der Waals surface area contributed by atoms with E-state index in [0.29, 0.717) is 34.5 Å². The number of carbonyl (C=O) groups excluding carboxylic acids is 1. The van der Waals surface area contributed by atoms with Crippen LogP contribution < -0.4 is 5.32 Å². The number of nitrogens with zero attached hydrogens (tertiary/aromatic N) is 3. The fourth-order valence-electron chi connectivity index (χ4n) is 3.50. The van der Waals surface area contributed by atoms with Crippen LogP contribution in [0.25, 0.3) is 11.4 Å². The van der Waals surface area contributed by atoms with Crippen LogP contribution in [-0.4, -0.2) is 40.6 Å². The van der Waals surface area contributed by atoms with Gasteiger partial charge in [-0.15, -0.1) is 0 Å². The van der Waals surface area contributed by atoms with E-state index in [1.54, 1.807) is 24.3 Å². The number of para-hydroxylation sites is 1. The van der Waals surface area contributed by atoms with E-state index in [1.807, 2.05) is 12.1 Å². The zero-order chi connectivity index (χ0) is 20.2. The second-order valence-electron chi connectivity index (χ2n) is 7.07. The van der Waals surface area contributed by atoms with Crippen LogP contribution in [0.2, 0.25) is 5.02 Å². The van der Waals surface area contributed by atoms with Crippen molar-refractivity contribution >= 4 is 23.2 Å². The van der Waals surface area contributed by atoms with Crippen molar-refractivity contribution in [1.82, 2.24) is 15.0 Å². The molecule has 0 aliphatic carbocycles. The van der Waals surface area contributed by atoms with Gasteiger partial charge in [0.05, 0.1) is 23.2 Å². The maximum atomic E-state index is 13.4. The largest absolute Gasteiger partial charge is 0.339 e. The number of amides is 1. The quantitative estimate of drug-likeness (QED) is 0.672. The molecule has 2 aromatic carbocycles. The normalized spacial score (nSPS) is 17.2. The number of carbonyl (C=O) groups is 1. The van der Waals surface area contributed by atoms with Crippen molar-refractivity contribution in [2.45, 2.75) is 18.8 Å². The Morgan fingerprint density at radius 1 is 1.28 bits per heavy atom. The SMILES string of the molecule is O=C(CN1CCCC(c2nc(-c3cccc(F)c3)no2)C1)Nc1ccccc1Cl. The van der Waals surface area contributed by atoms with Crippen molar-refractivity contribution < 1.29 is 13.7 Å². The number of rotatable bonds is 5. The maximum absolute atomic E-state index is 13.4. The molecule has 0 saturated carbocycles. The van der Waals surface area contributed by atoms with Crippen LogP contribution in [0.1, 0.15) is 24.7 Å². The third-order valence-electron chi connectivity index (χ3n) is 4.89. The van der Waals surface area contributed by atoms with Gasteiger partial charge in [0.25, 0.3) is 0 Å². The summed E-state index contributed by atoms with van der Waals surface area (Å²) in [5.41, 5.74) is 1.18. The number of likely N-dealkylation sites (tertiary alicyclic amines) is 1. The van der Waals surface area contributed by atoms with E-state index in [1.165, 1.54) is 12.1 Å². The van der Waals surface area contributed by atoms with Gasteiger partial charge in [0, 0.05) is 12.1 Å². The van der Waals surface area contributed by atoms with Crippen LogP contribution in [0.4, 0.5) is 10.1 Å². The summed E-state index contributed by atoms with van der Waals surface area (Å²) >= 11 is 6.10. The first-order valence-electron chi connectivity index (χ1n) is 9.45. The van der Waals surface area contributed by atoms with Gasteiger partial charge in [-0.25, -0.2) is 4.39 Å². The van der Waals surface area contributed by atoms with E-state index in [9.17, 15) is 9.18 Å². The average molecular weight is 415 g/mol. The smallest absolute Gasteiger partial charge is 0.238 e. The predicted molar refractivity (Wildman–Crippen MR) is 108 cm³/mol. The minimum absolute atomic E-state index is 0.0340. The maximum Gasteiger partial charge on any atom is 0.238 e. The van der Waals surface area contributed by atoms with Crippen LogP contribution in [0.3, 0.4) is 0 Å². The summed E-state index contributed by atoms with van der Waals surface area (Å²) in [6.07, 6.45) is 1.81. The molecular formula is C21H20ClFN4O2. The zero-order valence-corrected chi connectivity index (χ0v) is 16.4. The molecule has 1 atom stereocenters. The number of hydrogen-bond donors (Lipinski definition) is 1. The highest BCUT2D eigenvalue weighted by Crippen LogP contribution is 2.28. The lowest BCUT2D eigenvalue weighted by molar-refractivity contribution is -0.117. The van der Waals surface area contributed by atoms with Gasteiger partial charge in [0.2, 0.25) is 17.6 Å². The number of hydrogen-bond acceptors (Lipinski definition) is 5. The van der Waals surface area contributed by atoms with Crippen LogP contribution >= 0.6 is 11.6 Å². The average Bonchev–Trinajstić information content (AvgIpc) is 3.20. The van der Waals surface area contributed by atoms with Gasteiger partial charge in [0.1, 0.15) is 5.82 Å². The Hall–Kier alpha value is -2.77. The molecule has 1 aromatic heterocycles. The molecule has 1 N–H and O–H groups in total. The number of anilines is 1. The lowest BCUT2D eigenvalue weighted by Crippen LogP contribution is -2.39. The Labute approximate surface area is 172 Å². The molecule has 29 heavy (non-hydrogen) atoms. The first-order chi connectivity index (χ1) is 14.1. The number of halogens is 2. The third-order valence-corrected chi connectivity index (χ3v) is 5.22. The predicted octanol–water partition coefficient (Wildman–Crippen LogP) is 4.35. The molecule has 2 heterocycles. The van der Waals surface area contributed by atoms with Crippen LogP contribution in [0.15, 0.2) is 53.1 Å². The summed E-state index contributed by atoms with van der Waals surface area (Å²) in [6.45, 7) is 1.71. The van der Waals surface area contributed by atoms with Gasteiger partial charge in [0.15, 0.2) is 0 Å². The third kappa shape index (κ3) is 4.81. The Kier molecular flexibility index (Phi) is 5.87. The molecule has 4 rings (SSSR count). The molecule has 1 fully saturated rings. The molecule has 0 spiro atoms. The summed E-state index contributed by atoms with van der Waals surface area (Å²) in [7, 11) is 0. The molecule has 8 heteroatoms. The van der Waals surface area contributed by atoms with Crippen LogP contribution in [0, 0.1) is 5.82 Å². The molecule has 3 aromatic rings. The van der Waals surface area contributed by atoms with Crippen molar-refractivity contribution in [1.29, 1.82) is 0 Å². The summed E-state index contributed by atoms with van der Waals surface area (Å²) < 4.78 is 18.9. The number of benzene rings is 2. The van der Waals surface area contributed by atoms with Crippen LogP contribution in [0.5, 0.6) is 0 Å². The second kappa shape index (κ2) is 8.71. The van der Waals surface area contributed by atoms with Crippen LogP contribution in [-0.2, 0) is 4.79 Å². The standard InChI is InChI=1S/C21H20ClFN4O2/c22-17-8-1-2-9-18(17)24-19(28)13-27-10-4-6-15(12-27)21-25-20(26-29-21)14-5-3-7-16(23)11-14/h1-3,5,7-9,11,15H,4,6,10,12-13H2,(H,24,28). The molecule has 1 saturated heterocycles. The highest BCUT2D eigenvalue weighted by molar-refractivity contribution is 6.33. The Bertz CT molecular complexity index is 1010. The number of piperidine rings is 1. The van der Waals surface area contributed by atoms with Gasteiger partial charge in [-0.05, 0) is 43.7 Å². The highest BCUT2D eigenvalue weighted by Gasteiger charge is 2.27. The van der Waals surface area contributed by atoms with Gasteiger partial charge < -0.3 is 9.84 Å². The van der Waals surface area contributed by atoms with Gasteiger partial charge in [-0.2, -0.15) is 4.98 Å². The molecule has 150 valence electrons. The monoisotopic (exact) mass is 414 g/mol. The highest BCUT2D eigenvalue weighted by atomic mass is 35.5. The lowest BCUT2D eigenvalue weighted by atomic mass is 9.98. The van der Waals surface area contributed by atoms with E-state index >= 15 is 0 Å². The minimum Gasteiger partial charge on any atom is -0.339 e. The molecule has 1 unspecified atom stereocenters. The fraction of sp³-hybridized carbons (Fsp3) is 0.286. The molecule has 1 aliphatic heterocycles. The molecule has 0 radical (unpaired) electrons. The summed E-state index contributed by atoms with van der Waals surface area (Å²) in [4.78, 5) is 18.9. The summed E-state index contributed by atoms with van der Waals surface area (Å²) in [6, 6.07) is 13.2. The van der Waals surface area contributed by atoms with E-state index in [-0.39, 0.29) is 24.2 Å². The van der Waals surface area contributed by atoms with E-state index in [4.69, 9.17) is 16.1 Å². The van der Waals surface area contributed by atoms with Crippen molar-refractivity contribution in [3.05, 3.63) is 65.3 Å². The Balaban J connectivity index is 1.38. The van der Waals surface area contributed by atoms with E-state index in [2.05, 4.69) is 20.4 Å². The molecule has 0 bridgehead atoms. The number of aromatic nitrogens is 2. The summed E-state index contributed by atoms with van der Waals surface area (Å²) in [5.74, 6) is 0.451. The van der Waals surface area contributed by atoms with Crippen molar-refractivity contribution in [2.75, 3.05) is 25.0 Å². The number of nitrogens with one attached hydrogen (secondary N) is 1. The Morgan fingerprint density at radius 3 is 2.97 bits per heavy atom. The fourth-order valence-corrected chi connectivity index (χ4v) is 3.68. The van der Waals surface area contributed by atoms with Gasteiger partial charge >= 0.3 is 0 Å². The van der Waals surface area contributed by atoms with E-state index in [0.717, 1.165) is 19.4 Å². The first kappa shape index (κ1) is 19.5. The van der Waals surface area contributed by atoms with Gasteiger partial charge in [-0.3, -0.25) is 9.69 Å². The molecular weight excluding hydrogens is 395 g/mol. The van der Waals surface area contributed by atoms with E-state index < -0.39 is 0 Å². The van der Waals surface area contributed by atoms with Crippen molar-refractivity contribution in [2.24, 2.45) is 0 Å². The topological polar surface area (TPSA) is 71.3 Å². The van der Waals surface area contributed by atoms with Gasteiger partial charge in [-0.1, -0.05) is 41.0 Å². The molecule has 6 nitrogen and oxygen atoms in total. The summed E-state index contributed by atoms with van der Waals surface area (Å²) in [5, 5.41) is 7.34. The zero-order valence-electron chi connectivity index (χ0n) is 15.6. The van der Waals surface area contributed by atoms with Crippen molar-refractivity contribution in [3.63, 3.8) is 0 Å². The van der Waals surface area contributed by atoms with Crippen molar-refractivity contribution in [3.8, 4) is 11.4 Å². The molecule has 1 aliphatic rings. The lowest BCUT2D eigenvalue weighted by Gasteiger charge is -2.30. The first-order valence-corrected chi connectivity index (χ1v) is 9.82. The molecule has 1 amide bonds. The minimum atomic E-state index is -0.345.